The van der Waals surface area contributed by atoms with Crippen LogP contribution in [0.1, 0.15) is 37.7 Å². The van der Waals surface area contributed by atoms with Crippen molar-refractivity contribution >= 4 is 44.2 Å². The quantitative estimate of drug-likeness (QED) is 0.493. The van der Waals surface area contributed by atoms with E-state index in [-0.39, 0.29) is 5.91 Å². The highest BCUT2D eigenvalue weighted by molar-refractivity contribution is 7.22. The minimum Gasteiger partial charge on any atom is -0.284 e. The van der Waals surface area contributed by atoms with Gasteiger partial charge in [-0.05, 0) is 60.8 Å². The van der Waals surface area contributed by atoms with Gasteiger partial charge >= 0.3 is 0 Å². The molecule has 2 bridgehead atoms. The van der Waals surface area contributed by atoms with Crippen molar-refractivity contribution in [1.82, 2.24) is 4.98 Å². The highest BCUT2D eigenvalue weighted by atomic mass is 35.5. The average Bonchev–Trinajstić information content (AvgIpc) is 3.41. The number of rotatable bonds is 5. The van der Waals surface area contributed by atoms with E-state index in [4.69, 9.17) is 16.6 Å². The maximum atomic E-state index is 13.4. The number of fused-ring (bicyclic) bond motifs is 3. The van der Waals surface area contributed by atoms with Gasteiger partial charge in [0.05, 0.1) is 16.8 Å². The fourth-order valence-electron chi connectivity index (χ4n) is 4.99. The van der Waals surface area contributed by atoms with Gasteiger partial charge in [0.25, 0.3) is 0 Å². The van der Waals surface area contributed by atoms with Crippen molar-refractivity contribution in [2.75, 3.05) is 4.90 Å². The Morgan fingerprint density at radius 1 is 1.14 bits per heavy atom. The summed E-state index contributed by atoms with van der Waals surface area (Å²) < 4.78 is 1.02. The van der Waals surface area contributed by atoms with Gasteiger partial charge in [-0.15, -0.1) is 0 Å². The Morgan fingerprint density at radius 2 is 2.00 bits per heavy atom. The largest absolute Gasteiger partial charge is 0.284 e. The van der Waals surface area contributed by atoms with Crippen LogP contribution in [0.5, 0.6) is 0 Å². The molecule has 5 heteroatoms. The van der Waals surface area contributed by atoms with Crippen molar-refractivity contribution in [3.63, 3.8) is 0 Å². The molecule has 3 nitrogen and oxygen atoms in total. The molecule has 0 aliphatic heterocycles. The lowest BCUT2D eigenvalue weighted by molar-refractivity contribution is -0.120. The van der Waals surface area contributed by atoms with E-state index < -0.39 is 0 Å². The van der Waals surface area contributed by atoms with E-state index in [0.29, 0.717) is 23.9 Å². The molecule has 2 aliphatic carbocycles. The molecular weight excluding hydrogens is 388 g/mol. The molecule has 2 aromatic carbocycles. The van der Waals surface area contributed by atoms with Crippen LogP contribution in [0.3, 0.4) is 0 Å². The normalized spacial score (nSPS) is 23.4. The molecule has 3 aromatic rings. The van der Waals surface area contributed by atoms with E-state index in [0.717, 1.165) is 32.7 Å². The van der Waals surface area contributed by atoms with E-state index in [1.54, 1.807) is 11.3 Å². The van der Waals surface area contributed by atoms with Gasteiger partial charge in [0.15, 0.2) is 5.13 Å². The highest BCUT2D eigenvalue weighted by Gasteiger charge is 2.41. The molecule has 0 radical (unpaired) electrons. The molecule has 1 heterocycles. The minimum absolute atomic E-state index is 0.201. The van der Waals surface area contributed by atoms with Crippen molar-refractivity contribution in [2.24, 2.45) is 17.8 Å². The maximum Gasteiger partial charge on any atom is 0.229 e. The number of carbonyl (C=O) groups excluding carboxylic acids is 1. The number of hydrogen-bond donors (Lipinski definition) is 0. The van der Waals surface area contributed by atoms with Crippen LogP contribution >= 0.6 is 22.9 Å². The Kier molecular flexibility index (Phi) is 4.85. The number of amides is 1. The van der Waals surface area contributed by atoms with Gasteiger partial charge in [-0.3, -0.25) is 9.69 Å². The number of nitrogens with zero attached hydrogens (tertiary/aromatic N) is 2. The third kappa shape index (κ3) is 3.56. The molecule has 2 saturated carbocycles. The van der Waals surface area contributed by atoms with Crippen molar-refractivity contribution in [3.8, 4) is 0 Å². The van der Waals surface area contributed by atoms with E-state index in [2.05, 4.69) is 12.1 Å². The number of aromatic nitrogens is 1. The van der Waals surface area contributed by atoms with Gasteiger partial charge in [0, 0.05) is 11.4 Å². The van der Waals surface area contributed by atoms with Gasteiger partial charge in [0.1, 0.15) is 0 Å². The molecule has 144 valence electrons. The van der Waals surface area contributed by atoms with Crippen molar-refractivity contribution in [2.45, 2.75) is 38.6 Å². The summed E-state index contributed by atoms with van der Waals surface area (Å²) in [5, 5.41) is 1.47. The molecule has 1 aromatic heterocycles. The first kappa shape index (κ1) is 18.1. The monoisotopic (exact) mass is 410 g/mol. The molecule has 2 fully saturated rings. The Morgan fingerprint density at radius 3 is 2.75 bits per heavy atom. The predicted octanol–water partition coefficient (Wildman–Crippen LogP) is 6.31. The molecule has 0 spiro atoms. The van der Waals surface area contributed by atoms with Gasteiger partial charge in [0.2, 0.25) is 5.91 Å². The molecule has 28 heavy (non-hydrogen) atoms. The Hall–Kier alpha value is -1.91. The second-order valence-electron chi connectivity index (χ2n) is 8.21. The molecule has 0 saturated heterocycles. The van der Waals surface area contributed by atoms with Crippen LogP contribution < -0.4 is 4.90 Å². The zero-order chi connectivity index (χ0) is 19.1. The van der Waals surface area contributed by atoms with E-state index in [1.165, 1.54) is 25.7 Å². The SMILES string of the molecule is O=C(C[C@H]1C[C@H]2CC[C@H]1C2)N(Cc1ccccc1)c1nc2ccc(Cl)cc2s1. The van der Waals surface area contributed by atoms with Crippen LogP contribution in [-0.4, -0.2) is 10.9 Å². The third-order valence-electron chi connectivity index (χ3n) is 6.38. The van der Waals surface area contributed by atoms with Crippen LogP contribution in [0.2, 0.25) is 5.02 Å². The van der Waals surface area contributed by atoms with Gasteiger partial charge in [-0.1, -0.05) is 59.7 Å². The summed E-state index contributed by atoms with van der Waals surface area (Å²) in [6.07, 6.45) is 5.87. The number of hydrogen-bond acceptors (Lipinski definition) is 3. The molecule has 5 rings (SSSR count). The minimum atomic E-state index is 0.201. The number of benzene rings is 2. The summed E-state index contributed by atoms with van der Waals surface area (Å²) in [6, 6.07) is 15.9. The summed E-state index contributed by atoms with van der Waals surface area (Å²) in [6.45, 7) is 0.564. The first-order chi connectivity index (χ1) is 13.7. The summed E-state index contributed by atoms with van der Waals surface area (Å²) in [4.78, 5) is 20.0. The van der Waals surface area contributed by atoms with Crippen molar-refractivity contribution in [3.05, 3.63) is 59.1 Å². The maximum absolute atomic E-state index is 13.4. The zero-order valence-corrected chi connectivity index (χ0v) is 17.3. The van der Waals surface area contributed by atoms with E-state index >= 15 is 0 Å². The smallest absolute Gasteiger partial charge is 0.229 e. The number of halogens is 1. The van der Waals surface area contributed by atoms with Crippen LogP contribution in [-0.2, 0) is 11.3 Å². The Bertz CT molecular complexity index is 1000. The molecular formula is C23H23ClN2OS. The third-order valence-corrected chi connectivity index (χ3v) is 7.65. The summed E-state index contributed by atoms with van der Waals surface area (Å²) in [5.74, 6) is 2.36. The Balaban J connectivity index is 1.44. The fourth-order valence-corrected chi connectivity index (χ4v) is 6.25. The van der Waals surface area contributed by atoms with E-state index in [9.17, 15) is 4.79 Å². The van der Waals surface area contributed by atoms with E-state index in [1.807, 2.05) is 41.3 Å². The van der Waals surface area contributed by atoms with Crippen LogP contribution in [0, 0.1) is 17.8 Å². The first-order valence-corrected chi connectivity index (χ1v) is 11.3. The highest BCUT2D eigenvalue weighted by Crippen LogP contribution is 2.49. The van der Waals surface area contributed by atoms with Crippen LogP contribution in [0.25, 0.3) is 10.2 Å². The lowest BCUT2D eigenvalue weighted by Gasteiger charge is -2.25. The number of thiazole rings is 1. The molecule has 0 N–H and O–H groups in total. The average molecular weight is 411 g/mol. The van der Waals surface area contributed by atoms with Crippen molar-refractivity contribution in [1.29, 1.82) is 0 Å². The van der Waals surface area contributed by atoms with Gasteiger partial charge in [-0.2, -0.15) is 0 Å². The van der Waals surface area contributed by atoms with Crippen molar-refractivity contribution < 1.29 is 4.79 Å². The predicted molar refractivity (Wildman–Crippen MR) is 116 cm³/mol. The second-order valence-corrected chi connectivity index (χ2v) is 9.66. The first-order valence-electron chi connectivity index (χ1n) is 10.1. The summed E-state index contributed by atoms with van der Waals surface area (Å²) >= 11 is 7.70. The standard InChI is InChI=1S/C23H23ClN2OS/c24-19-8-9-20-21(13-19)28-23(25-20)26(14-15-4-2-1-3-5-15)22(27)12-18-11-16-6-7-17(18)10-16/h1-5,8-9,13,16-18H,6-7,10-12,14H2/t16-,17-,18+/m0/s1. The van der Waals surface area contributed by atoms with Crippen LogP contribution in [0.15, 0.2) is 48.5 Å². The summed E-state index contributed by atoms with van der Waals surface area (Å²) in [7, 11) is 0. The lowest BCUT2D eigenvalue weighted by atomic mass is 9.86. The molecule has 1 amide bonds. The second kappa shape index (κ2) is 7.49. The Labute approximate surface area is 174 Å². The fraction of sp³-hybridized carbons (Fsp3) is 0.391. The molecule has 2 aliphatic rings. The van der Waals surface area contributed by atoms with Gasteiger partial charge < -0.3 is 0 Å². The van der Waals surface area contributed by atoms with Crippen LogP contribution in [0.4, 0.5) is 5.13 Å². The lowest BCUT2D eigenvalue weighted by Crippen LogP contribution is -2.32. The van der Waals surface area contributed by atoms with Gasteiger partial charge in [-0.25, -0.2) is 4.98 Å². The molecule has 0 unspecified atom stereocenters. The topological polar surface area (TPSA) is 33.2 Å². The summed E-state index contributed by atoms with van der Waals surface area (Å²) in [5.41, 5.74) is 2.02. The number of anilines is 1. The molecule has 3 atom stereocenters. The zero-order valence-electron chi connectivity index (χ0n) is 15.7. The number of carbonyl (C=O) groups is 1.